The fraction of sp³-hybridized carbons (Fsp3) is 0.681. The van der Waals surface area contributed by atoms with Crippen molar-refractivity contribution in [3.8, 4) is 0 Å². The number of carbonyl (C=O) groups is 1. The molecule has 2 saturated heterocycles. The maximum Gasteiger partial charge on any atom is 0.425 e. The number of ether oxygens (including phenoxy) is 4. The molecular weight excluding hydrogens is 933 g/mol. The molecule has 0 radical (unpaired) electrons. The van der Waals surface area contributed by atoms with E-state index in [-0.39, 0.29) is 52.0 Å². The lowest BCUT2D eigenvalue weighted by atomic mass is 10.1. The molecule has 0 bridgehead atoms. The van der Waals surface area contributed by atoms with Crippen molar-refractivity contribution in [1.29, 1.82) is 0 Å². The number of hydrogen-bond donors (Lipinski definition) is 1. The van der Waals surface area contributed by atoms with Crippen LogP contribution >= 0.6 is 15.9 Å². The molecule has 0 amide bonds. The number of carbonyl (C=O) groups excluding carboxylic acids is 1. The molecule has 2 aromatic heterocycles. The second-order valence-corrected chi connectivity index (χ2v) is 31.3. The van der Waals surface area contributed by atoms with E-state index in [4.69, 9.17) is 27.8 Å². The molecule has 0 spiro atoms. The topological polar surface area (TPSA) is 171 Å². The highest BCUT2D eigenvalue weighted by atomic mass is 79.9. The molecule has 1 aromatic carbocycles. The first-order valence-corrected chi connectivity index (χ1v) is 29.7. The lowest BCUT2D eigenvalue weighted by molar-refractivity contribution is -0.0206. The largest absolute Gasteiger partial charge is 0.443 e. The van der Waals surface area contributed by atoms with Crippen LogP contribution in [-0.4, -0.2) is 71.4 Å². The molecule has 4 heterocycles. The van der Waals surface area contributed by atoms with Crippen LogP contribution in [0.4, 0.5) is 4.79 Å². The van der Waals surface area contributed by atoms with E-state index in [0.717, 1.165) is 24.0 Å². The SMILES string of the molecule is CC[C@H]1O[C@@H](n2cc(CBr)c(=O)n(C(=O)OC(C)(C)C)c2=O)C[C@H]1O[Si](C)(C)C(C)(C)C.CC[C@H]1O[C@@H](n2cc(COCc3ccccc3C)c(=O)[nH]c2=O)C[C@H]1O[Si](C)(C)C(C)(C)C. The first-order valence-electron chi connectivity index (χ1n) is 22.7. The van der Waals surface area contributed by atoms with Gasteiger partial charge in [0.25, 0.3) is 11.1 Å². The summed E-state index contributed by atoms with van der Waals surface area (Å²) in [5.74, 6) is 0. The van der Waals surface area contributed by atoms with Crippen LogP contribution in [-0.2, 0) is 46.3 Å². The van der Waals surface area contributed by atoms with E-state index in [1.54, 1.807) is 27.0 Å². The first kappa shape index (κ1) is 54.4. The zero-order valence-corrected chi connectivity index (χ0v) is 45.2. The maximum atomic E-state index is 13.2. The van der Waals surface area contributed by atoms with E-state index in [1.165, 1.54) is 15.3 Å². The fourth-order valence-electron chi connectivity index (χ4n) is 7.10. The average molecular weight is 1010 g/mol. The molecule has 2 aliphatic heterocycles. The van der Waals surface area contributed by atoms with Gasteiger partial charge < -0.3 is 27.8 Å². The number of H-pyrrole nitrogens is 1. The van der Waals surface area contributed by atoms with E-state index >= 15 is 0 Å². The molecule has 3 aromatic rings. The Kier molecular flexibility index (Phi) is 17.9. The van der Waals surface area contributed by atoms with Gasteiger partial charge in [-0.3, -0.25) is 23.7 Å². The van der Waals surface area contributed by atoms with Crippen molar-refractivity contribution in [3.63, 3.8) is 0 Å². The number of aromatic amines is 1. The highest BCUT2D eigenvalue weighted by Crippen LogP contribution is 2.43. The molecule has 15 nitrogen and oxygen atoms in total. The van der Waals surface area contributed by atoms with Gasteiger partial charge in [-0.2, -0.15) is 4.57 Å². The molecule has 5 rings (SSSR count). The average Bonchev–Trinajstić information content (AvgIpc) is 3.77. The third-order valence-electron chi connectivity index (χ3n) is 13.0. The van der Waals surface area contributed by atoms with Crippen LogP contribution in [0.25, 0.3) is 0 Å². The third-order valence-corrected chi connectivity index (χ3v) is 22.6. The molecule has 18 heteroatoms. The summed E-state index contributed by atoms with van der Waals surface area (Å²) >= 11 is 3.28. The Morgan fingerprint density at radius 1 is 0.754 bits per heavy atom. The van der Waals surface area contributed by atoms with Crippen LogP contribution in [0.2, 0.25) is 36.3 Å². The summed E-state index contributed by atoms with van der Waals surface area (Å²) in [5, 5.41) is 0.301. The number of hydrogen-bond acceptors (Lipinski definition) is 11. The monoisotopic (exact) mass is 1010 g/mol. The molecule has 1 N–H and O–H groups in total. The number of rotatable bonds is 13. The summed E-state index contributed by atoms with van der Waals surface area (Å²) in [6, 6.07) is 7.96. The number of halogens is 1. The minimum atomic E-state index is -2.06. The summed E-state index contributed by atoms with van der Waals surface area (Å²) in [6.45, 7) is 33.6. The van der Waals surface area contributed by atoms with Crippen molar-refractivity contribution in [3.05, 3.63) is 101 Å². The van der Waals surface area contributed by atoms with Gasteiger partial charge in [-0.25, -0.2) is 14.4 Å². The molecule has 65 heavy (non-hydrogen) atoms. The number of aromatic nitrogens is 4. The van der Waals surface area contributed by atoms with Gasteiger partial charge in [0.2, 0.25) is 0 Å². The quantitative estimate of drug-likeness (QED) is 0.128. The fourth-order valence-corrected chi connectivity index (χ4v) is 10.2. The highest BCUT2D eigenvalue weighted by Gasteiger charge is 2.46. The Hall–Kier alpha value is -3.24. The van der Waals surface area contributed by atoms with Crippen molar-refractivity contribution in [2.24, 2.45) is 0 Å². The first-order chi connectivity index (χ1) is 29.9. The predicted molar refractivity (Wildman–Crippen MR) is 262 cm³/mol. The van der Waals surface area contributed by atoms with Gasteiger partial charge in [0, 0.05) is 36.1 Å². The third kappa shape index (κ3) is 13.5. The molecule has 0 saturated carbocycles. The second-order valence-electron chi connectivity index (χ2n) is 21.2. The smallest absolute Gasteiger partial charge is 0.425 e. The predicted octanol–water partition coefficient (Wildman–Crippen LogP) is 9.43. The molecule has 364 valence electrons. The lowest BCUT2D eigenvalue weighted by Crippen LogP contribution is -2.47. The molecule has 2 aliphatic rings. The van der Waals surface area contributed by atoms with Gasteiger partial charge in [0.1, 0.15) is 18.1 Å². The van der Waals surface area contributed by atoms with E-state index in [9.17, 15) is 24.0 Å². The Morgan fingerprint density at radius 2 is 1.23 bits per heavy atom. The summed E-state index contributed by atoms with van der Waals surface area (Å²) in [6.07, 6.45) is 2.92. The summed E-state index contributed by atoms with van der Waals surface area (Å²) in [5.41, 5.74) is -0.368. The Balaban J connectivity index is 0.000000285. The van der Waals surface area contributed by atoms with Gasteiger partial charge in [-0.15, -0.1) is 0 Å². The zero-order chi connectivity index (χ0) is 49.0. The molecule has 0 aliphatic carbocycles. The molecule has 2 fully saturated rings. The van der Waals surface area contributed by atoms with E-state index in [2.05, 4.69) is 95.6 Å². The van der Waals surface area contributed by atoms with Gasteiger partial charge in [0.15, 0.2) is 16.6 Å². The summed E-state index contributed by atoms with van der Waals surface area (Å²) < 4.78 is 40.1. The number of nitrogens with one attached hydrogen (secondary N) is 1. The standard InChI is InChI=1S/C25H38N2O5Si.C22H37BrN2O6Si/c1-8-20-21(32-33(6,7)25(3,4)5)13-22(31-20)27-14-19(23(28)26-24(27)29)16-30-15-18-12-10-9-11-17(18)2;1-10-15-16(31-32(8,9)22(5,6)7)11-17(29-15)24-13-14(12-23)18(26)25(19(24)27)20(28)30-21(2,3)4/h9-12,14,20-22H,8,13,15-16H2,1-7H3,(H,26,28,29);13,15-17H,10-12H2,1-9H3/t20-,21-,22-;15-,16-,17-/m11/s1. The van der Waals surface area contributed by atoms with Gasteiger partial charge in [-0.1, -0.05) is 95.6 Å². The van der Waals surface area contributed by atoms with Gasteiger partial charge in [-0.05, 0) is 87.9 Å². The van der Waals surface area contributed by atoms with Crippen LogP contribution in [0.3, 0.4) is 0 Å². The second kappa shape index (κ2) is 21.4. The molecule has 0 unspecified atom stereocenters. The zero-order valence-electron chi connectivity index (χ0n) is 41.6. The Labute approximate surface area is 394 Å². The Morgan fingerprint density at radius 3 is 1.69 bits per heavy atom. The van der Waals surface area contributed by atoms with E-state index < -0.39 is 63.3 Å². The number of nitrogens with zero attached hydrogens (tertiary/aromatic N) is 3. The van der Waals surface area contributed by atoms with Crippen LogP contribution < -0.4 is 22.5 Å². The van der Waals surface area contributed by atoms with Crippen molar-refractivity contribution in [2.45, 2.75) is 206 Å². The van der Waals surface area contributed by atoms with Crippen LogP contribution in [0.5, 0.6) is 0 Å². The van der Waals surface area contributed by atoms with Crippen LogP contribution in [0, 0.1) is 6.92 Å². The van der Waals surface area contributed by atoms with Crippen molar-refractivity contribution in [1.82, 2.24) is 18.7 Å². The van der Waals surface area contributed by atoms with Crippen LogP contribution in [0.15, 0.2) is 55.8 Å². The van der Waals surface area contributed by atoms with Gasteiger partial charge >= 0.3 is 17.5 Å². The lowest BCUT2D eigenvalue weighted by Gasteiger charge is -2.39. The van der Waals surface area contributed by atoms with Crippen molar-refractivity contribution in [2.75, 3.05) is 0 Å². The van der Waals surface area contributed by atoms with Crippen molar-refractivity contribution >= 4 is 38.7 Å². The molecular formula is C47H75BrN4O11Si2. The maximum absolute atomic E-state index is 13.2. The Bertz CT molecular complexity index is 2350. The summed E-state index contributed by atoms with van der Waals surface area (Å²) in [4.78, 5) is 66.1. The number of aryl methyl sites for hydroxylation is 1. The summed E-state index contributed by atoms with van der Waals surface area (Å²) in [7, 11) is -4.05. The molecule has 6 atom stereocenters. The number of alkyl halides is 1. The van der Waals surface area contributed by atoms with Gasteiger partial charge in [0.05, 0.1) is 43.2 Å². The number of benzene rings is 1. The minimum Gasteiger partial charge on any atom is -0.443 e. The van der Waals surface area contributed by atoms with E-state index in [1.807, 2.05) is 38.1 Å². The van der Waals surface area contributed by atoms with Crippen molar-refractivity contribution < 1.29 is 32.6 Å². The normalized spacial score (nSPS) is 21.9. The van der Waals surface area contributed by atoms with Crippen LogP contribution in [0.1, 0.15) is 137 Å². The highest BCUT2D eigenvalue weighted by molar-refractivity contribution is 9.08. The van der Waals surface area contributed by atoms with E-state index in [0.29, 0.717) is 29.6 Å². The minimum absolute atomic E-state index is 0.0350.